The molecule has 0 radical (unpaired) electrons. The molecule has 2 rings (SSSR count). The summed E-state index contributed by atoms with van der Waals surface area (Å²) in [6.45, 7) is 10.7. The number of phenols is 1. The van der Waals surface area contributed by atoms with Gasteiger partial charge in [-0.2, -0.15) is 0 Å². The highest BCUT2D eigenvalue weighted by Crippen LogP contribution is 2.41. The Balaban J connectivity index is 2.66. The maximum absolute atomic E-state index is 11.6. The fourth-order valence-electron chi connectivity index (χ4n) is 3.45. The van der Waals surface area contributed by atoms with Crippen molar-refractivity contribution >= 4 is 5.97 Å². The SMILES string of the molecule is CC(C)(C)CC(C)(C)c1cc(C(=O)O)c(O)c(-c2ccccc2)c1. The van der Waals surface area contributed by atoms with E-state index in [0.29, 0.717) is 5.56 Å². The van der Waals surface area contributed by atoms with Gasteiger partial charge in [0.15, 0.2) is 0 Å². The predicted molar refractivity (Wildman–Crippen MR) is 97.6 cm³/mol. The molecular formula is C21H26O3. The number of carboxylic acids is 1. The Bertz CT molecular complexity index is 738. The molecule has 0 atom stereocenters. The van der Waals surface area contributed by atoms with E-state index in [-0.39, 0.29) is 22.1 Å². The molecule has 2 N–H and O–H groups in total. The lowest BCUT2D eigenvalue weighted by atomic mass is 9.71. The second-order valence-electron chi connectivity index (χ2n) is 8.21. The Hall–Kier alpha value is -2.29. The van der Waals surface area contributed by atoms with E-state index in [9.17, 15) is 15.0 Å². The van der Waals surface area contributed by atoms with E-state index in [2.05, 4.69) is 34.6 Å². The van der Waals surface area contributed by atoms with Gasteiger partial charge in [-0.05, 0) is 40.5 Å². The number of carbonyl (C=O) groups is 1. The molecule has 0 saturated heterocycles. The number of rotatable bonds is 4. The van der Waals surface area contributed by atoms with Crippen LogP contribution in [0.4, 0.5) is 0 Å². The molecule has 0 unspecified atom stereocenters. The van der Waals surface area contributed by atoms with Gasteiger partial charge in [0.2, 0.25) is 0 Å². The Kier molecular flexibility index (Phi) is 4.75. The van der Waals surface area contributed by atoms with Crippen molar-refractivity contribution in [1.82, 2.24) is 0 Å². The maximum atomic E-state index is 11.6. The topological polar surface area (TPSA) is 57.5 Å². The van der Waals surface area contributed by atoms with Crippen LogP contribution in [0, 0.1) is 5.41 Å². The van der Waals surface area contributed by atoms with Gasteiger partial charge in [-0.3, -0.25) is 0 Å². The number of hydrogen-bond donors (Lipinski definition) is 2. The van der Waals surface area contributed by atoms with Crippen LogP contribution in [0.2, 0.25) is 0 Å². The summed E-state index contributed by atoms with van der Waals surface area (Å²) in [5.41, 5.74) is 2.15. The van der Waals surface area contributed by atoms with Gasteiger partial charge >= 0.3 is 5.97 Å². The van der Waals surface area contributed by atoms with Crippen LogP contribution in [0.15, 0.2) is 42.5 Å². The van der Waals surface area contributed by atoms with Crippen molar-refractivity contribution in [3.8, 4) is 16.9 Å². The lowest BCUT2D eigenvalue weighted by molar-refractivity contribution is 0.0693. The van der Waals surface area contributed by atoms with Crippen molar-refractivity contribution in [2.45, 2.75) is 46.5 Å². The third kappa shape index (κ3) is 3.97. The Morgan fingerprint density at radius 2 is 1.58 bits per heavy atom. The second-order valence-corrected chi connectivity index (χ2v) is 8.21. The summed E-state index contributed by atoms with van der Waals surface area (Å²) in [5.74, 6) is -1.29. The summed E-state index contributed by atoms with van der Waals surface area (Å²) in [5, 5.41) is 20.0. The van der Waals surface area contributed by atoms with Gasteiger partial charge in [0.05, 0.1) is 0 Å². The number of aromatic carboxylic acids is 1. The normalized spacial score (nSPS) is 12.2. The van der Waals surface area contributed by atoms with Gasteiger partial charge in [-0.1, -0.05) is 65.0 Å². The van der Waals surface area contributed by atoms with Crippen LogP contribution in [0.3, 0.4) is 0 Å². The fourth-order valence-corrected chi connectivity index (χ4v) is 3.45. The van der Waals surface area contributed by atoms with Crippen LogP contribution in [0.25, 0.3) is 11.1 Å². The van der Waals surface area contributed by atoms with E-state index in [1.165, 1.54) is 0 Å². The summed E-state index contributed by atoms with van der Waals surface area (Å²) in [6.07, 6.45) is 0.901. The zero-order valence-electron chi connectivity index (χ0n) is 15.1. The van der Waals surface area contributed by atoms with E-state index in [1.807, 2.05) is 36.4 Å². The molecule has 2 aromatic carbocycles. The molecule has 0 aliphatic carbocycles. The van der Waals surface area contributed by atoms with Crippen LogP contribution >= 0.6 is 0 Å². The van der Waals surface area contributed by atoms with E-state index >= 15 is 0 Å². The fraction of sp³-hybridized carbons (Fsp3) is 0.381. The van der Waals surface area contributed by atoms with E-state index in [0.717, 1.165) is 17.5 Å². The third-order valence-corrected chi connectivity index (χ3v) is 4.18. The Morgan fingerprint density at radius 3 is 2.08 bits per heavy atom. The first-order valence-electron chi connectivity index (χ1n) is 8.17. The van der Waals surface area contributed by atoms with Crippen LogP contribution in [-0.2, 0) is 5.41 Å². The predicted octanol–water partition coefficient (Wildman–Crippen LogP) is 5.47. The van der Waals surface area contributed by atoms with E-state index in [1.54, 1.807) is 6.07 Å². The molecule has 3 heteroatoms. The first-order chi connectivity index (χ1) is 11.0. The molecule has 0 heterocycles. The number of benzene rings is 2. The molecule has 0 fully saturated rings. The first kappa shape index (κ1) is 18.1. The van der Waals surface area contributed by atoms with Crippen molar-refractivity contribution < 1.29 is 15.0 Å². The highest BCUT2D eigenvalue weighted by molar-refractivity contribution is 5.94. The molecule has 0 bridgehead atoms. The summed E-state index contributed by atoms with van der Waals surface area (Å²) >= 11 is 0. The zero-order valence-corrected chi connectivity index (χ0v) is 15.1. The van der Waals surface area contributed by atoms with Gasteiger partial charge in [0.1, 0.15) is 11.3 Å². The van der Waals surface area contributed by atoms with Crippen molar-refractivity contribution in [2.75, 3.05) is 0 Å². The van der Waals surface area contributed by atoms with Crippen LogP contribution < -0.4 is 0 Å². The summed E-state index contributed by atoms with van der Waals surface area (Å²) in [7, 11) is 0. The molecule has 0 spiro atoms. The van der Waals surface area contributed by atoms with Gasteiger partial charge in [-0.15, -0.1) is 0 Å². The number of aromatic hydroxyl groups is 1. The van der Waals surface area contributed by atoms with Crippen molar-refractivity contribution in [2.24, 2.45) is 5.41 Å². The molecule has 0 aliphatic rings. The molecular weight excluding hydrogens is 300 g/mol. The number of hydrogen-bond acceptors (Lipinski definition) is 2. The van der Waals surface area contributed by atoms with Crippen molar-refractivity contribution in [3.05, 3.63) is 53.6 Å². The highest BCUT2D eigenvalue weighted by atomic mass is 16.4. The van der Waals surface area contributed by atoms with Crippen molar-refractivity contribution in [3.63, 3.8) is 0 Å². The van der Waals surface area contributed by atoms with Crippen LogP contribution in [0.1, 0.15) is 57.0 Å². The third-order valence-electron chi connectivity index (χ3n) is 4.18. The number of carboxylic acid groups (broad SMARTS) is 1. The van der Waals surface area contributed by atoms with E-state index in [4.69, 9.17) is 0 Å². The van der Waals surface area contributed by atoms with Crippen LogP contribution in [-0.4, -0.2) is 16.2 Å². The van der Waals surface area contributed by atoms with Crippen LogP contribution in [0.5, 0.6) is 5.75 Å². The Morgan fingerprint density at radius 1 is 1.00 bits per heavy atom. The van der Waals surface area contributed by atoms with Gasteiger partial charge in [0, 0.05) is 5.56 Å². The average molecular weight is 326 g/mol. The minimum absolute atomic E-state index is 0.0478. The minimum Gasteiger partial charge on any atom is -0.506 e. The Labute approximate surface area is 144 Å². The summed E-state index contributed by atoms with van der Waals surface area (Å²) in [6, 6.07) is 12.9. The summed E-state index contributed by atoms with van der Waals surface area (Å²) in [4.78, 5) is 11.6. The molecule has 0 aliphatic heterocycles. The zero-order chi connectivity index (χ0) is 18.1. The van der Waals surface area contributed by atoms with Gasteiger partial charge in [0.25, 0.3) is 0 Å². The molecule has 0 amide bonds. The lowest BCUT2D eigenvalue weighted by Gasteiger charge is -2.33. The van der Waals surface area contributed by atoms with Gasteiger partial charge in [-0.25, -0.2) is 4.79 Å². The molecule has 24 heavy (non-hydrogen) atoms. The second kappa shape index (κ2) is 6.31. The minimum atomic E-state index is -1.11. The highest BCUT2D eigenvalue weighted by Gasteiger charge is 2.29. The summed E-state index contributed by atoms with van der Waals surface area (Å²) < 4.78 is 0. The molecule has 128 valence electrons. The molecule has 2 aromatic rings. The first-order valence-corrected chi connectivity index (χ1v) is 8.17. The quantitative estimate of drug-likeness (QED) is 0.783. The molecule has 0 saturated carbocycles. The smallest absolute Gasteiger partial charge is 0.339 e. The van der Waals surface area contributed by atoms with Gasteiger partial charge < -0.3 is 10.2 Å². The molecule has 3 nitrogen and oxygen atoms in total. The largest absolute Gasteiger partial charge is 0.506 e. The monoisotopic (exact) mass is 326 g/mol. The van der Waals surface area contributed by atoms with E-state index < -0.39 is 5.97 Å². The standard InChI is InChI=1S/C21H26O3/c1-20(2,3)13-21(4,5)15-11-16(14-9-7-6-8-10-14)18(22)17(12-15)19(23)24/h6-12,22H,13H2,1-5H3,(H,23,24). The lowest BCUT2D eigenvalue weighted by Crippen LogP contribution is -2.25. The van der Waals surface area contributed by atoms with Crippen molar-refractivity contribution in [1.29, 1.82) is 0 Å². The molecule has 0 aromatic heterocycles. The maximum Gasteiger partial charge on any atom is 0.339 e. The average Bonchev–Trinajstić information content (AvgIpc) is 2.45.